The predicted molar refractivity (Wildman–Crippen MR) is 166 cm³/mol. The molecule has 2 aromatic heterocycles. The van der Waals surface area contributed by atoms with Crippen molar-refractivity contribution in [2.75, 3.05) is 13.1 Å². The fourth-order valence-corrected chi connectivity index (χ4v) is 6.10. The van der Waals surface area contributed by atoms with Crippen molar-refractivity contribution in [3.8, 4) is 5.75 Å². The highest BCUT2D eigenvalue weighted by atomic mass is 16.6. The molecule has 1 aliphatic heterocycles. The third-order valence-electron chi connectivity index (χ3n) is 8.24. The maximum absolute atomic E-state index is 13.1. The Hall–Kier alpha value is -5.12. The summed E-state index contributed by atoms with van der Waals surface area (Å²) in [5, 5.41) is 10.8. The van der Waals surface area contributed by atoms with Gasteiger partial charge in [0.2, 0.25) is 6.10 Å². The number of hydrogen-bond acceptors (Lipinski definition) is 6. The molecular formula is C34H34N4O6. The molecule has 10 heteroatoms. The Morgan fingerprint density at radius 1 is 1.00 bits per heavy atom. The summed E-state index contributed by atoms with van der Waals surface area (Å²) >= 11 is 0. The number of H-pyrrole nitrogens is 1. The van der Waals surface area contributed by atoms with Crippen LogP contribution in [0, 0.1) is 13.8 Å². The molecule has 0 spiro atoms. The molecule has 1 aliphatic rings. The zero-order valence-corrected chi connectivity index (χ0v) is 24.7. The van der Waals surface area contributed by atoms with E-state index in [2.05, 4.69) is 9.97 Å². The number of likely N-dealkylation sites (tertiary alicyclic amines) is 1. The molecule has 5 aromatic rings. The van der Waals surface area contributed by atoms with Gasteiger partial charge in [0.15, 0.2) is 0 Å². The van der Waals surface area contributed by atoms with Gasteiger partial charge in [-0.25, -0.2) is 14.4 Å². The van der Waals surface area contributed by atoms with Gasteiger partial charge in [-0.05, 0) is 55.0 Å². The van der Waals surface area contributed by atoms with E-state index in [0.717, 1.165) is 49.9 Å². The lowest BCUT2D eigenvalue weighted by Gasteiger charge is -2.32. The maximum atomic E-state index is 13.1. The molecule has 0 radical (unpaired) electrons. The second-order valence-corrected chi connectivity index (χ2v) is 11.3. The number of ether oxygens (including phenoxy) is 2. The second kappa shape index (κ2) is 12.2. The molecule has 3 heterocycles. The van der Waals surface area contributed by atoms with Crippen LogP contribution in [0.1, 0.15) is 41.1 Å². The van der Waals surface area contributed by atoms with Gasteiger partial charge in [0.25, 0.3) is 0 Å². The van der Waals surface area contributed by atoms with Gasteiger partial charge in [-0.3, -0.25) is 9.55 Å². The van der Waals surface area contributed by atoms with Gasteiger partial charge in [0, 0.05) is 30.9 Å². The highest BCUT2D eigenvalue weighted by molar-refractivity contribution is 6.01. The number of aromatic nitrogens is 3. The number of para-hydroxylation sites is 1. The van der Waals surface area contributed by atoms with Crippen LogP contribution in [0.5, 0.6) is 5.75 Å². The number of pyridine rings is 1. The number of aliphatic carboxylic acids is 1. The maximum Gasteiger partial charge on any atom is 0.410 e. The summed E-state index contributed by atoms with van der Waals surface area (Å²) < 4.78 is 13.3. The molecule has 0 aliphatic carbocycles. The highest BCUT2D eigenvalue weighted by Crippen LogP contribution is 2.29. The number of aromatic amines is 1. The molecule has 226 valence electrons. The van der Waals surface area contributed by atoms with Crippen LogP contribution < -0.4 is 10.4 Å². The molecule has 1 atom stereocenters. The number of piperidine rings is 1. The molecule has 0 saturated carbocycles. The average Bonchev–Trinajstić information content (AvgIpc) is 3.37. The topological polar surface area (TPSA) is 127 Å². The summed E-state index contributed by atoms with van der Waals surface area (Å²) in [5.41, 5.74) is 5.61. The minimum atomic E-state index is -1.34. The SMILES string of the molecule is Cc1cc(CC(OC(=O)N2CCC(n3c(=O)[nH]c4c5ccccc5ncc43)CC2)C(=O)O)cc(C)c1OCc1ccccc1. The monoisotopic (exact) mass is 594 g/mol. The second-order valence-electron chi connectivity index (χ2n) is 11.3. The van der Waals surface area contributed by atoms with E-state index in [1.807, 2.05) is 80.6 Å². The number of hydrogen-bond donors (Lipinski definition) is 2. The van der Waals surface area contributed by atoms with Crippen molar-refractivity contribution in [3.63, 3.8) is 0 Å². The number of fused-ring (bicyclic) bond motifs is 3. The first-order chi connectivity index (χ1) is 21.3. The van der Waals surface area contributed by atoms with Gasteiger partial charge in [-0.15, -0.1) is 0 Å². The first-order valence-corrected chi connectivity index (χ1v) is 14.7. The summed E-state index contributed by atoms with van der Waals surface area (Å²) in [5.74, 6) is -0.458. The molecule has 10 nitrogen and oxygen atoms in total. The van der Waals surface area contributed by atoms with E-state index >= 15 is 0 Å². The molecule has 1 unspecified atom stereocenters. The third-order valence-corrected chi connectivity index (χ3v) is 8.24. The Morgan fingerprint density at radius 2 is 1.68 bits per heavy atom. The minimum absolute atomic E-state index is 0.0316. The Bertz CT molecular complexity index is 1870. The number of nitrogens with one attached hydrogen (secondary N) is 1. The van der Waals surface area contributed by atoms with Crippen molar-refractivity contribution < 1.29 is 24.2 Å². The molecule has 2 N–H and O–H groups in total. The van der Waals surface area contributed by atoms with Crippen molar-refractivity contribution in [2.24, 2.45) is 0 Å². The van der Waals surface area contributed by atoms with E-state index in [1.54, 1.807) is 10.8 Å². The minimum Gasteiger partial charge on any atom is -0.488 e. The number of rotatable bonds is 8. The van der Waals surface area contributed by atoms with E-state index in [-0.39, 0.29) is 18.2 Å². The first-order valence-electron chi connectivity index (χ1n) is 14.7. The van der Waals surface area contributed by atoms with E-state index in [0.29, 0.717) is 32.5 Å². The van der Waals surface area contributed by atoms with Crippen molar-refractivity contribution in [3.05, 3.63) is 106 Å². The Kier molecular flexibility index (Phi) is 8.06. The zero-order chi connectivity index (χ0) is 30.8. The Balaban J connectivity index is 1.09. The van der Waals surface area contributed by atoms with E-state index in [1.165, 1.54) is 4.90 Å². The van der Waals surface area contributed by atoms with Crippen LogP contribution in [-0.2, 0) is 22.6 Å². The third kappa shape index (κ3) is 5.88. The normalized spacial score (nSPS) is 14.5. The average molecular weight is 595 g/mol. The molecular weight excluding hydrogens is 560 g/mol. The quantitative estimate of drug-likeness (QED) is 0.241. The fraction of sp³-hybridized carbons (Fsp3) is 0.294. The van der Waals surface area contributed by atoms with Crippen molar-refractivity contribution >= 4 is 34.0 Å². The van der Waals surface area contributed by atoms with Crippen LogP contribution >= 0.6 is 0 Å². The smallest absolute Gasteiger partial charge is 0.410 e. The number of aryl methyl sites for hydroxylation is 2. The summed E-state index contributed by atoms with van der Waals surface area (Å²) in [7, 11) is 0. The van der Waals surface area contributed by atoms with Crippen molar-refractivity contribution in [2.45, 2.75) is 51.9 Å². The Morgan fingerprint density at radius 3 is 2.39 bits per heavy atom. The number of carboxylic acids is 1. The highest BCUT2D eigenvalue weighted by Gasteiger charge is 2.31. The molecule has 1 fully saturated rings. The summed E-state index contributed by atoms with van der Waals surface area (Å²) in [6.07, 6.45) is 0.768. The zero-order valence-electron chi connectivity index (χ0n) is 24.7. The lowest BCUT2D eigenvalue weighted by atomic mass is 10.0. The van der Waals surface area contributed by atoms with Crippen LogP contribution in [0.2, 0.25) is 0 Å². The number of imidazole rings is 1. The Labute approximate surface area is 253 Å². The molecule has 1 amide bonds. The standard InChI is InChI=1S/C34H34N4O6/c1-21-16-24(17-22(2)31(21)43-20-23-8-4-3-5-9-23)18-29(32(39)40)44-34(42)37-14-12-25(13-15-37)38-28-19-35-27-11-7-6-10-26(27)30(28)36-33(38)41/h3-11,16-17,19,25,29H,12-15,18,20H2,1-2H3,(H,36,41)(H,39,40). The summed E-state index contributed by atoms with van der Waals surface area (Å²) in [6.45, 7) is 4.93. The summed E-state index contributed by atoms with van der Waals surface area (Å²) in [6, 6.07) is 21.1. The molecule has 6 rings (SSSR count). The van der Waals surface area contributed by atoms with Gasteiger partial charge >= 0.3 is 17.8 Å². The molecule has 1 saturated heterocycles. The van der Waals surface area contributed by atoms with Crippen LogP contribution in [0.25, 0.3) is 21.9 Å². The van der Waals surface area contributed by atoms with Gasteiger partial charge in [0.1, 0.15) is 12.4 Å². The first kappa shape index (κ1) is 29.0. The van der Waals surface area contributed by atoms with E-state index in [4.69, 9.17) is 9.47 Å². The summed E-state index contributed by atoms with van der Waals surface area (Å²) in [4.78, 5) is 47.1. The van der Waals surface area contributed by atoms with E-state index in [9.17, 15) is 19.5 Å². The van der Waals surface area contributed by atoms with Crippen LogP contribution in [0.15, 0.2) is 77.7 Å². The fourth-order valence-electron chi connectivity index (χ4n) is 6.10. The van der Waals surface area contributed by atoms with Gasteiger partial charge < -0.3 is 24.5 Å². The molecule has 3 aromatic carbocycles. The van der Waals surface area contributed by atoms with Crippen LogP contribution in [-0.4, -0.2) is 55.8 Å². The van der Waals surface area contributed by atoms with Crippen molar-refractivity contribution in [1.82, 2.24) is 19.4 Å². The number of carboxylic acid groups (broad SMARTS) is 1. The lowest BCUT2D eigenvalue weighted by molar-refractivity contribution is -0.147. The van der Waals surface area contributed by atoms with Gasteiger partial charge in [-0.1, -0.05) is 60.7 Å². The number of amides is 1. The van der Waals surface area contributed by atoms with Crippen molar-refractivity contribution in [1.29, 1.82) is 0 Å². The lowest BCUT2D eigenvalue weighted by Crippen LogP contribution is -2.43. The number of benzene rings is 3. The predicted octanol–water partition coefficient (Wildman–Crippen LogP) is 5.54. The van der Waals surface area contributed by atoms with E-state index < -0.39 is 18.2 Å². The number of nitrogens with zero attached hydrogens (tertiary/aromatic N) is 3. The largest absolute Gasteiger partial charge is 0.488 e. The molecule has 0 bridgehead atoms. The van der Waals surface area contributed by atoms with Crippen LogP contribution in [0.3, 0.4) is 0 Å². The van der Waals surface area contributed by atoms with Gasteiger partial charge in [0.05, 0.1) is 22.7 Å². The number of carbonyl (C=O) groups excluding carboxylic acids is 1. The van der Waals surface area contributed by atoms with Gasteiger partial charge in [-0.2, -0.15) is 0 Å². The van der Waals surface area contributed by atoms with Crippen LogP contribution in [0.4, 0.5) is 4.79 Å². The molecule has 44 heavy (non-hydrogen) atoms. The number of carbonyl (C=O) groups is 2.